The number of carbonyl (C=O) groups excluding carboxylic acids is 2. The van der Waals surface area contributed by atoms with Crippen LogP contribution in [0.1, 0.15) is 55.7 Å². The third-order valence-corrected chi connectivity index (χ3v) is 4.89. The Labute approximate surface area is 190 Å². The summed E-state index contributed by atoms with van der Waals surface area (Å²) in [5.41, 5.74) is 2.34. The number of hydrogen-bond acceptors (Lipinski definition) is 7. The van der Waals surface area contributed by atoms with Crippen molar-refractivity contribution >= 4 is 19.7 Å². The van der Waals surface area contributed by atoms with E-state index in [0.717, 1.165) is 42.4 Å². The number of rotatable bonds is 15. The van der Waals surface area contributed by atoms with Gasteiger partial charge in [0.25, 0.3) is 0 Å². The number of unbranched alkanes of at least 4 members (excludes halogenated alkanes) is 3. The highest BCUT2D eigenvalue weighted by atomic mass is 31.2. The number of aryl methyl sites for hydroxylation is 2. The Bertz CT molecular complexity index is 754. The van der Waals surface area contributed by atoms with E-state index in [4.69, 9.17) is 23.6 Å². The van der Waals surface area contributed by atoms with Crippen LogP contribution in [-0.4, -0.2) is 43.3 Å². The molecule has 1 amide bonds. The predicted molar refractivity (Wildman–Crippen MR) is 120 cm³/mol. The zero-order chi connectivity index (χ0) is 24.0. The summed E-state index contributed by atoms with van der Waals surface area (Å²) in [4.78, 5) is 32.6. The minimum Gasteiger partial charge on any atom is -0.445 e. The first kappa shape index (κ1) is 28.0. The molecular weight excluding hydrogens is 437 g/mol. The number of alkyl carbamates (subject to hydrolysis) is 1. The second-order valence-corrected chi connectivity index (χ2v) is 9.01. The van der Waals surface area contributed by atoms with E-state index in [2.05, 4.69) is 12.0 Å². The summed E-state index contributed by atoms with van der Waals surface area (Å²) in [5, 5.41) is 2.69. The fraction of sp³-hybridized carbons (Fsp3) is 0.591. The Balaban J connectivity index is 2.29. The van der Waals surface area contributed by atoms with Crippen molar-refractivity contribution in [3.63, 3.8) is 0 Å². The molecule has 1 aromatic carbocycles. The molecule has 0 aliphatic rings. The number of ether oxygens (including phenoxy) is 3. The molecule has 0 spiro atoms. The molecule has 0 aliphatic carbocycles. The number of amides is 1. The van der Waals surface area contributed by atoms with Gasteiger partial charge in [-0.25, -0.2) is 14.2 Å². The summed E-state index contributed by atoms with van der Waals surface area (Å²) >= 11 is 0. The van der Waals surface area contributed by atoms with Crippen molar-refractivity contribution < 1.29 is 37.8 Å². The third-order valence-electron chi connectivity index (χ3n) is 4.31. The maximum atomic E-state index is 11.9. The van der Waals surface area contributed by atoms with Gasteiger partial charge >= 0.3 is 19.7 Å². The van der Waals surface area contributed by atoms with Crippen molar-refractivity contribution in [2.75, 3.05) is 26.4 Å². The zero-order valence-electron chi connectivity index (χ0n) is 19.2. The Morgan fingerprint density at radius 1 is 1.09 bits per heavy atom. The second-order valence-electron chi connectivity index (χ2n) is 7.47. The predicted octanol–water partition coefficient (Wildman–Crippen LogP) is 4.42. The topological polar surface area (TPSA) is 120 Å². The first-order valence-corrected chi connectivity index (χ1v) is 12.5. The van der Waals surface area contributed by atoms with E-state index in [1.54, 1.807) is 0 Å². The van der Waals surface area contributed by atoms with Crippen LogP contribution in [0.15, 0.2) is 12.1 Å². The van der Waals surface area contributed by atoms with Crippen LogP contribution in [0.5, 0.6) is 5.75 Å². The lowest BCUT2D eigenvalue weighted by Gasteiger charge is -2.13. The molecule has 0 fully saturated rings. The van der Waals surface area contributed by atoms with Crippen LogP contribution >= 0.6 is 7.60 Å². The van der Waals surface area contributed by atoms with Crippen molar-refractivity contribution in [1.82, 2.24) is 5.32 Å². The maximum absolute atomic E-state index is 11.9. The molecule has 32 heavy (non-hydrogen) atoms. The zero-order valence-corrected chi connectivity index (χ0v) is 20.1. The molecular formula is C22H35NO8P+. The van der Waals surface area contributed by atoms with Gasteiger partial charge in [0, 0.05) is 13.2 Å². The van der Waals surface area contributed by atoms with Crippen molar-refractivity contribution in [3.05, 3.63) is 35.5 Å². The Morgan fingerprint density at radius 3 is 2.38 bits per heavy atom. The van der Waals surface area contributed by atoms with Crippen LogP contribution < -0.4 is 10.1 Å². The standard InChI is InChI=1S/C22H34NO8P/c1-5-11-28-16-20(24)31-21-17(2)13-19(14-18(21)3)15-29-22(25)23-10-8-6-7-9-12-30-32(4,26)27/h13-14H,4-12,15-16H2,1-3H3,(H-,23,25,26,27)/p+1. The fourth-order valence-electron chi connectivity index (χ4n) is 2.91. The highest BCUT2D eigenvalue weighted by Gasteiger charge is 2.19. The molecule has 2 N–H and O–H groups in total. The quantitative estimate of drug-likeness (QED) is 0.127. The van der Waals surface area contributed by atoms with Gasteiger partial charge in [-0.1, -0.05) is 19.8 Å². The van der Waals surface area contributed by atoms with Crippen LogP contribution in [0.25, 0.3) is 0 Å². The third kappa shape index (κ3) is 12.7. The molecule has 1 atom stereocenters. The summed E-state index contributed by atoms with van der Waals surface area (Å²) in [6.07, 6.45) is 3.40. The van der Waals surface area contributed by atoms with Crippen molar-refractivity contribution in [1.29, 1.82) is 0 Å². The molecule has 0 aromatic heterocycles. The normalized spacial score (nSPS) is 12.8. The molecule has 0 saturated carbocycles. The largest absolute Gasteiger partial charge is 0.507 e. The molecule has 1 aromatic rings. The number of hydrogen-bond donors (Lipinski definition) is 2. The number of carbonyl (C=O) groups is 2. The van der Waals surface area contributed by atoms with Gasteiger partial charge in [-0.3, -0.25) is 9.42 Å². The average Bonchev–Trinajstić information content (AvgIpc) is 2.70. The first-order chi connectivity index (χ1) is 15.1. The molecule has 0 radical (unpaired) electrons. The lowest BCUT2D eigenvalue weighted by molar-refractivity contribution is -0.139. The molecule has 1 unspecified atom stereocenters. The molecule has 0 aliphatic heterocycles. The van der Waals surface area contributed by atoms with Crippen LogP contribution in [-0.2, 0) is 30.0 Å². The van der Waals surface area contributed by atoms with Gasteiger partial charge in [0.05, 0.1) is 6.61 Å². The van der Waals surface area contributed by atoms with E-state index in [9.17, 15) is 14.2 Å². The van der Waals surface area contributed by atoms with Crippen LogP contribution in [0.3, 0.4) is 0 Å². The lowest BCUT2D eigenvalue weighted by atomic mass is 10.1. The summed E-state index contributed by atoms with van der Waals surface area (Å²) in [7, 11) is -3.65. The molecule has 0 saturated heterocycles. The maximum Gasteiger partial charge on any atom is 0.507 e. The summed E-state index contributed by atoms with van der Waals surface area (Å²) in [5.74, 6) is 0.0435. The van der Waals surface area contributed by atoms with Gasteiger partial charge < -0.3 is 19.5 Å². The summed E-state index contributed by atoms with van der Waals surface area (Å²) < 4.78 is 31.4. The van der Waals surface area contributed by atoms with Gasteiger partial charge in [0.15, 0.2) is 6.66 Å². The SMILES string of the molecule is [CH2+]P(=O)(O)OCCCCCCNC(=O)OCc1cc(C)c(OC(=O)COCCC)c(C)c1. The molecule has 10 heteroatoms. The monoisotopic (exact) mass is 472 g/mol. The molecule has 1 rings (SSSR count). The Hall–Kier alpha value is -2.06. The highest BCUT2D eigenvalue weighted by Crippen LogP contribution is 2.39. The average molecular weight is 472 g/mol. The fourth-order valence-corrected chi connectivity index (χ4v) is 3.32. The summed E-state index contributed by atoms with van der Waals surface area (Å²) in [6.45, 7) is 9.81. The number of benzene rings is 1. The lowest BCUT2D eigenvalue weighted by Crippen LogP contribution is -2.25. The van der Waals surface area contributed by atoms with Gasteiger partial charge in [-0.2, -0.15) is 0 Å². The second kappa shape index (κ2) is 14.9. The van der Waals surface area contributed by atoms with Crippen molar-refractivity contribution in [3.8, 4) is 5.75 Å². The van der Waals surface area contributed by atoms with E-state index in [-0.39, 0.29) is 19.8 Å². The minimum atomic E-state index is -3.65. The van der Waals surface area contributed by atoms with Gasteiger partial charge in [-0.05, 0) is 61.9 Å². The van der Waals surface area contributed by atoms with Crippen LogP contribution in [0, 0.1) is 20.5 Å². The van der Waals surface area contributed by atoms with Crippen molar-refractivity contribution in [2.24, 2.45) is 0 Å². The minimum absolute atomic E-state index is 0.0908. The van der Waals surface area contributed by atoms with Crippen molar-refractivity contribution in [2.45, 2.75) is 59.5 Å². The van der Waals surface area contributed by atoms with Gasteiger partial charge in [0.2, 0.25) is 0 Å². The van der Waals surface area contributed by atoms with E-state index < -0.39 is 19.7 Å². The Kier molecular flexibility index (Phi) is 13.0. The number of esters is 1. The van der Waals surface area contributed by atoms with E-state index >= 15 is 0 Å². The Morgan fingerprint density at radius 2 is 1.75 bits per heavy atom. The van der Waals surface area contributed by atoms with E-state index in [1.165, 1.54) is 0 Å². The molecule has 0 heterocycles. The first-order valence-electron chi connectivity index (χ1n) is 10.7. The molecule has 180 valence electrons. The van der Waals surface area contributed by atoms with E-state index in [1.807, 2.05) is 32.9 Å². The van der Waals surface area contributed by atoms with Gasteiger partial charge in [0.1, 0.15) is 19.0 Å². The van der Waals surface area contributed by atoms with Gasteiger partial charge in [-0.15, -0.1) is 0 Å². The van der Waals surface area contributed by atoms with Crippen LogP contribution in [0.2, 0.25) is 0 Å². The molecule has 0 bridgehead atoms. The van der Waals surface area contributed by atoms with E-state index in [0.29, 0.717) is 25.3 Å². The molecule has 9 nitrogen and oxygen atoms in total. The number of nitrogens with one attached hydrogen (secondary N) is 1. The highest BCUT2D eigenvalue weighted by molar-refractivity contribution is 7.54. The summed E-state index contributed by atoms with van der Waals surface area (Å²) in [6, 6.07) is 3.63. The van der Waals surface area contributed by atoms with Crippen LogP contribution in [0.4, 0.5) is 4.79 Å². The smallest absolute Gasteiger partial charge is 0.445 e.